The van der Waals surface area contributed by atoms with E-state index in [1.807, 2.05) is 18.3 Å². The normalized spacial score (nSPS) is 32.8. The predicted octanol–water partition coefficient (Wildman–Crippen LogP) is 4.19. The Bertz CT molecular complexity index is 549. The maximum Gasteiger partial charge on any atom is 0.106 e. The molecule has 4 atom stereocenters. The molecule has 114 valence electrons. The first-order chi connectivity index (χ1) is 10.1. The number of nitrogens with zero attached hydrogens (tertiary/aromatic N) is 2. The molecule has 1 aromatic rings. The number of benzene rings is 1. The standard InChI is InChI=1S/C16H20Cl2N2O/c1-20-11-4-6-16(20)13(9-19-21-2)12(8-11)10-3-5-14(17)15(18)7-10/h3,5,7,9,11-13,16H,4,6,8H2,1-2H3/b19-9+/t11-,12+,13+,16+/m0/s1/i1-1. The molecule has 2 heterocycles. The molecule has 3 nitrogen and oxygen atoms in total. The van der Waals surface area contributed by atoms with Crippen LogP contribution in [0.2, 0.25) is 10.0 Å². The first-order valence-electron chi connectivity index (χ1n) is 7.35. The van der Waals surface area contributed by atoms with Crippen molar-refractivity contribution in [3.63, 3.8) is 0 Å². The number of halogens is 2. The van der Waals surface area contributed by atoms with E-state index in [2.05, 4.69) is 23.2 Å². The number of fused-ring (bicyclic) bond motifs is 2. The van der Waals surface area contributed by atoms with E-state index in [1.165, 1.54) is 18.4 Å². The molecule has 0 aromatic heterocycles. The van der Waals surface area contributed by atoms with E-state index in [9.17, 15) is 0 Å². The molecule has 2 aliphatic rings. The minimum atomic E-state index is 0.353. The van der Waals surface area contributed by atoms with E-state index in [0.29, 0.717) is 34.0 Å². The van der Waals surface area contributed by atoms with E-state index < -0.39 is 0 Å². The smallest absolute Gasteiger partial charge is 0.106 e. The lowest BCUT2D eigenvalue weighted by Gasteiger charge is -2.41. The van der Waals surface area contributed by atoms with Crippen molar-refractivity contribution in [2.45, 2.75) is 37.3 Å². The summed E-state index contributed by atoms with van der Waals surface area (Å²) in [6, 6.07) is 7.18. The molecule has 3 rings (SSSR count). The highest BCUT2D eigenvalue weighted by molar-refractivity contribution is 6.42. The fourth-order valence-electron chi connectivity index (χ4n) is 3.94. The summed E-state index contributed by atoms with van der Waals surface area (Å²) in [7, 11) is 3.82. The fraction of sp³-hybridized carbons (Fsp3) is 0.562. The SMILES string of the molecule is CO/N=C/[C@@H]1[C@@H](c2ccc(Cl)c(Cl)c2)C[C@@H]2CC[C@H]1N2[11CH3]. The topological polar surface area (TPSA) is 24.8 Å². The van der Waals surface area contributed by atoms with Crippen molar-refractivity contribution in [1.82, 2.24) is 4.90 Å². The summed E-state index contributed by atoms with van der Waals surface area (Å²) < 4.78 is 0. The zero-order valence-corrected chi connectivity index (χ0v) is 13.8. The Morgan fingerprint density at radius 1 is 1.29 bits per heavy atom. The lowest BCUT2D eigenvalue weighted by Crippen LogP contribution is -2.46. The van der Waals surface area contributed by atoms with Crippen LogP contribution in [0.3, 0.4) is 0 Å². The first-order valence-corrected chi connectivity index (χ1v) is 8.11. The highest BCUT2D eigenvalue weighted by atomic mass is 35.5. The Kier molecular flexibility index (Phi) is 4.43. The van der Waals surface area contributed by atoms with Crippen molar-refractivity contribution >= 4 is 29.4 Å². The molecule has 21 heavy (non-hydrogen) atoms. The van der Waals surface area contributed by atoms with Gasteiger partial charge >= 0.3 is 0 Å². The third-order valence-corrected chi connectivity index (χ3v) is 5.78. The van der Waals surface area contributed by atoms with Gasteiger partial charge in [-0.25, -0.2) is 0 Å². The van der Waals surface area contributed by atoms with Crippen LogP contribution in [0, 0.1) is 5.92 Å². The van der Waals surface area contributed by atoms with Crippen molar-refractivity contribution < 1.29 is 4.84 Å². The summed E-state index contributed by atoms with van der Waals surface area (Å²) in [5, 5.41) is 5.29. The van der Waals surface area contributed by atoms with Crippen molar-refractivity contribution in [2.24, 2.45) is 11.1 Å². The lowest BCUT2D eigenvalue weighted by atomic mass is 9.76. The van der Waals surface area contributed by atoms with E-state index >= 15 is 0 Å². The molecule has 0 aliphatic carbocycles. The summed E-state index contributed by atoms with van der Waals surface area (Å²) in [4.78, 5) is 7.42. The summed E-state index contributed by atoms with van der Waals surface area (Å²) in [5.41, 5.74) is 1.25. The number of hydrogen-bond acceptors (Lipinski definition) is 3. The first kappa shape index (κ1) is 15.1. The van der Waals surface area contributed by atoms with Gasteiger partial charge in [-0.05, 0) is 49.9 Å². The van der Waals surface area contributed by atoms with Crippen LogP contribution in [0.5, 0.6) is 0 Å². The van der Waals surface area contributed by atoms with Gasteiger partial charge in [-0.15, -0.1) is 0 Å². The van der Waals surface area contributed by atoms with Gasteiger partial charge in [-0.3, -0.25) is 4.90 Å². The van der Waals surface area contributed by atoms with Crippen LogP contribution in [0.4, 0.5) is 0 Å². The van der Waals surface area contributed by atoms with Crippen LogP contribution in [-0.4, -0.2) is 37.4 Å². The van der Waals surface area contributed by atoms with E-state index in [-0.39, 0.29) is 0 Å². The Labute approximate surface area is 135 Å². The Balaban J connectivity index is 1.94. The molecule has 0 radical (unpaired) electrons. The zero-order valence-electron chi connectivity index (χ0n) is 12.3. The van der Waals surface area contributed by atoms with Gasteiger partial charge in [0.25, 0.3) is 0 Å². The summed E-state index contributed by atoms with van der Waals surface area (Å²) in [6.45, 7) is 0. The van der Waals surface area contributed by atoms with Crippen LogP contribution in [0.25, 0.3) is 0 Å². The third kappa shape index (κ3) is 2.79. The van der Waals surface area contributed by atoms with E-state index in [1.54, 1.807) is 7.11 Å². The highest BCUT2D eigenvalue weighted by Crippen LogP contribution is 2.46. The molecule has 0 N–H and O–H groups in total. The lowest BCUT2D eigenvalue weighted by molar-refractivity contribution is 0.131. The largest absolute Gasteiger partial charge is 0.399 e. The summed E-state index contributed by atoms with van der Waals surface area (Å²) in [5.74, 6) is 0.776. The molecule has 2 bridgehead atoms. The van der Waals surface area contributed by atoms with Gasteiger partial charge in [-0.1, -0.05) is 34.4 Å². The Hall–Kier alpha value is -0.770. The maximum absolute atomic E-state index is 6.20. The van der Waals surface area contributed by atoms with Gasteiger partial charge in [-0.2, -0.15) is 0 Å². The predicted molar refractivity (Wildman–Crippen MR) is 87.4 cm³/mol. The van der Waals surface area contributed by atoms with Gasteiger partial charge in [0.15, 0.2) is 0 Å². The molecular formula is C16H20Cl2N2O. The molecule has 0 amide bonds. The quantitative estimate of drug-likeness (QED) is 0.614. The molecule has 2 fully saturated rings. The molecule has 2 saturated heterocycles. The minimum absolute atomic E-state index is 0.353. The molecule has 0 spiro atoms. The van der Waals surface area contributed by atoms with Crippen molar-refractivity contribution in [2.75, 3.05) is 14.2 Å². The number of hydrogen-bond donors (Lipinski definition) is 0. The molecule has 1 aromatic carbocycles. The second-order valence-electron chi connectivity index (χ2n) is 5.99. The maximum atomic E-state index is 6.20. The molecular weight excluding hydrogens is 306 g/mol. The minimum Gasteiger partial charge on any atom is -0.399 e. The van der Waals surface area contributed by atoms with Crippen LogP contribution >= 0.6 is 23.2 Å². The van der Waals surface area contributed by atoms with Gasteiger partial charge in [0.2, 0.25) is 0 Å². The van der Waals surface area contributed by atoms with Crippen molar-refractivity contribution in [3.8, 4) is 0 Å². The van der Waals surface area contributed by atoms with Crippen LogP contribution in [0.1, 0.15) is 30.7 Å². The van der Waals surface area contributed by atoms with Gasteiger partial charge in [0, 0.05) is 24.2 Å². The average molecular weight is 326 g/mol. The number of piperidine rings is 1. The molecule has 5 heteroatoms. The monoisotopic (exact) mass is 325 g/mol. The van der Waals surface area contributed by atoms with Crippen LogP contribution in [-0.2, 0) is 4.84 Å². The average Bonchev–Trinajstić information content (AvgIpc) is 2.72. The summed E-state index contributed by atoms with van der Waals surface area (Å²) in [6.07, 6.45) is 5.58. The van der Waals surface area contributed by atoms with Gasteiger partial charge in [0.05, 0.1) is 10.0 Å². The van der Waals surface area contributed by atoms with Crippen LogP contribution < -0.4 is 0 Å². The zero-order chi connectivity index (χ0) is 15.0. The fourth-order valence-corrected chi connectivity index (χ4v) is 4.25. The summed E-state index contributed by atoms with van der Waals surface area (Å²) >= 11 is 12.2. The highest BCUT2D eigenvalue weighted by Gasteiger charge is 2.45. The van der Waals surface area contributed by atoms with Crippen LogP contribution in [0.15, 0.2) is 23.4 Å². The Morgan fingerprint density at radius 3 is 2.81 bits per heavy atom. The van der Waals surface area contributed by atoms with E-state index in [0.717, 1.165) is 6.42 Å². The third-order valence-electron chi connectivity index (χ3n) is 5.04. The number of rotatable bonds is 3. The van der Waals surface area contributed by atoms with Gasteiger partial charge < -0.3 is 4.84 Å². The molecule has 0 unspecified atom stereocenters. The molecule has 2 aliphatic heterocycles. The Morgan fingerprint density at radius 2 is 2.10 bits per heavy atom. The van der Waals surface area contributed by atoms with Crippen molar-refractivity contribution in [3.05, 3.63) is 33.8 Å². The number of oxime groups is 1. The second-order valence-corrected chi connectivity index (χ2v) is 6.81. The van der Waals surface area contributed by atoms with Crippen molar-refractivity contribution in [1.29, 1.82) is 0 Å². The van der Waals surface area contributed by atoms with Gasteiger partial charge in [0.1, 0.15) is 7.11 Å². The molecule has 0 saturated carbocycles. The second kappa shape index (κ2) is 6.15. The van der Waals surface area contributed by atoms with E-state index in [4.69, 9.17) is 28.0 Å².